The average Bonchev–Trinajstić information content (AvgIpc) is 2.89. The largest absolute Gasteiger partial charge is 0.510 e. The molecule has 0 bridgehead atoms. The quantitative estimate of drug-likeness (QED) is 0.195. The summed E-state index contributed by atoms with van der Waals surface area (Å²) >= 11 is 1.59. The molecule has 1 aromatic carbocycles. The summed E-state index contributed by atoms with van der Waals surface area (Å²) in [6.45, 7) is 3.63. The van der Waals surface area contributed by atoms with Gasteiger partial charge in [-0.2, -0.15) is 11.8 Å². The number of aromatic hydroxyl groups is 1. The Bertz CT molecular complexity index is 1340. The predicted octanol–water partition coefficient (Wildman–Crippen LogP) is 1.31. The van der Waals surface area contributed by atoms with Crippen LogP contribution >= 0.6 is 11.8 Å². The first-order valence-electron chi connectivity index (χ1n) is 13.2. The van der Waals surface area contributed by atoms with Gasteiger partial charge in [-0.05, 0) is 37.9 Å². The van der Waals surface area contributed by atoms with E-state index in [1.165, 1.54) is 11.0 Å². The molecule has 0 spiro atoms. The molecular formula is C28H35N3O8S. The van der Waals surface area contributed by atoms with Crippen LogP contribution in [0.15, 0.2) is 40.9 Å². The van der Waals surface area contributed by atoms with Gasteiger partial charge in [0.25, 0.3) is 5.91 Å². The van der Waals surface area contributed by atoms with Crippen molar-refractivity contribution in [2.75, 3.05) is 25.6 Å². The van der Waals surface area contributed by atoms with Crippen molar-refractivity contribution in [1.82, 2.24) is 10.2 Å². The summed E-state index contributed by atoms with van der Waals surface area (Å²) in [5.74, 6) is -7.61. The number of benzene rings is 1. The number of aliphatic hydroxyl groups excluding tert-OH is 2. The zero-order valence-electron chi connectivity index (χ0n) is 22.8. The van der Waals surface area contributed by atoms with Gasteiger partial charge in [0.1, 0.15) is 22.8 Å². The maximum absolute atomic E-state index is 14.0. The van der Waals surface area contributed by atoms with Crippen molar-refractivity contribution < 1.29 is 39.6 Å². The first-order valence-corrected chi connectivity index (χ1v) is 14.3. The Morgan fingerprint density at radius 2 is 1.82 bits per heavy atom. The molecule has 0 fully saturated rings. The monoisotopic (exact) mass is 573 g/mol. The maximum atomic E-state index is 14.0. The number of ketones is 2. The van der Waals surface area contributed by atoms with Gasteiger partial charge >= 0.3 is 0 Å². The van der Waals surface area contributed by atoms with E-state index >= 15 is 0 Å². The summed E-state index contributed by atoms with van der Waals surface area (Å²) < 4.78 is 0. The minimum absolute atomic E-state index is 0.0366. The molecule has 3 aliphatic rings. The topological polar surface area (TPSA) is 190 Å². The Morgan fingerprint density at radius 1 is 1.15 bits per heavy atom. The van der Waals surface area contributed by atoms with Crippen LogP contribution in [0.4, 0.5) is 0 Å². The van der Waals surface area contributed by atoms with E-state index in [4.69, 9.17) is 5.73 Å². The normalized spacial score (nSPS) is 29.7. The number of thioether (sulfide) groups is 1. The van der Waals surface area contributed by atoms with Gasteiger partial charge in [-0.25, -0.2) is 0 Å². The van der Waals surface area contributed by atoms with E-state index in [2.05, 4.69) is 5.32 Å². The highest BCUT2D eigenvalue weighted by molar-refractivity contribution is 7.99. The molecule has 3 aliphatic carbocycles. The van der Waals surface area contributed by atoms with Gasteiger partial charge in [-0.1, -0.05) is 26.0 Å². The van der Waals surface area contributed by atoms with E-state index in [0.29, 0.717) is 11.3 Å². The molecule has 40 heavy (non-hydrogen) atoms. The minimum atomic E-state index is -2.89. The van der Waals surface area contributed by atoms with Crippen LogP contribution in [0.1, 0.15) is 48.5 Å². The standard InChI is InChI=1S/C28H35N3O8S/c1-5-10-40-11-13-12-8-7-9-14(32)16(12)23(34)18-17(13)21(30-15(33)6-2)20-22(31(3)4)24(35)19(27(29)38)26(37)28(20,39)25(18)36/h7-9,13,17,20-22,32,35-36,39H,5-6,10-11H2,1-4H3,(H2,29,38)(H,30,33)/t13-,17+,20-,21-,22-,28-/m1/s1. The van der Waals surface area contributed by atoms with Crippen LogP contribution in [0, 0.1) is 11.8 Å². The third-order valence-electron chi connectivity index (χ3n) is 8.13. The lowest BCUT2D eigenvalue weighted by Gasteiger charge is -2.55. The van der Waals surface area contributed by atoms with E-state index in [0.717, 1.165) is 12.2 Å². The van der Waals surface area contributed by atoms with Crippen molar-refractivity contribution in [3.63, 3.8) is 0 Å². The zero-order chi connectivity index (χ0) is 29.7. The number of carbonyl (C=O) groups is 4. The Kier molecular flexibility index (Phi) is 8.08. The molecule has 0 radical (unpaired) electrons. The lowest BCUT2D eigenvalue weighted by atomic mass is 9.54. The second kappa shape index (κ2) is 10.9. The van der Waals surface area contributed by atoms with E-state index < -0.39 is 75.9 Å². The van der Waals surface area contributed by atoms with Crippen LogP contribution < -0.4 is 11.1 Å². The van der Waals surface area contributed by atoms with E-state index in [9.17, 15) is 39.6 Å². The van der Waals surface area contributed by atoms with Gasteiger partial charge in [0.15, 0.2) is 11.4 Å². The van der Waals surface area contributed by atoms with Crippen molar-refractivity contribution in [3.8, 4) is 5.75 Å². The number of nitrogens with two attached hydrogens (primary N) is 1. The van der Waals surface area contributed by atoms with Crippen molar-refractivity contribution in [3.05, 3.63) is 52.0 Å². The number of nitrogens with zero attached hydrogens (tertiary/aromatic N) is 1. The predicted molar refractivity (Wildman–Crippen MR) is 148 cm³/mol. The fourth-order valence-electron chi connectivity index (χ4n) is 6.46. The van der Waals surface area contributed by atoms with Crippen LogP contribution in [0.2, 0.25) is 0 Å². The Morgan fingerprint density at radius 3 is 2.40 bits per heavy atom. The highest BCUT2D eigenvalue weighted by atomic mass is 32.2. The Balaban J connectivity index is 2.10. The molecule has 0 aliphatic heterocycles. The van der Waals surface area contributed by atoms with Crippen LogP contribution in [0.5, 0.6) is 5.75 Å². The number of Topliss-reactive ketones (excluding diaryl/α,β-unsaturated/α-hetero) is 2. The number of phenolic OH excluding ortho intramolecular Hbond substituents is 1. The highest BCUT2D eigenvalue weighted by Crippen LogP contribution is 2.56. The van der Waals surface area contributed by atoms with Gasteiger partial charge in [0.05, 0.1) is 11.6 Å². The van der Waals surface area contributed by atoms with Gasteiger partial charge in [-0.3, -0.25) is 24.1 Å². The van der Waals surface area contributed by atoms with Crippen molar-refractivity contribution in [1.29, 1.82) is 0 Å². The molecule has 6 atom stereocenters. The molecule has 7 N–H and O–H groups in total. The van der Waals surface area contributed by atoms with Crippen LogP contribution in [-0.2, 0) is 14.4 Å². The maximum Gasteiger partial charge on any atom is 0.255 e. The van der Waals surface area contributed by atoms with Gasteiger partial charge in [-0.15, -0.1) is 0 Å². The number of amides is 2. The summed E-state index contributed by atoms with van der Waals surface area (Å²) in [5, 5.41) is 48.6. The summed E-state index contributed by atoms with van der Waals surface area (Å²) in [4.78, 5) is 54.4. The average molecular weight is 574 g/mol. The van der Waals surface area contributed by atoms with E-state index in [1.807, 2.05) is 6.92 Å². The van der Waals surface area contributed by atoms with Gasteiger partial charge in [0.2, 0.25) is 11.7 Å². The van der Waals surface area contributed by atoms with E-state index in [-0.39, 0.29) is 23.3 Å². The number of rotatable bonds is 8. The van der Waals surface area contributed by atoms with Gasteiger partial charge in [0, 0.05) is 41.5 Å². The molecule has 216 valence electrons. The fraction of sp³-hybridized carbons (Fsp3) is 0.500. The molecule has 2 amide bonds. The summed E-state index contributed by atoms with van der Waals surface area (Å²) in [6, 6.07) is 2.24. The molecule has 0 heterocycles. The van der Waals surface area contributed by atoms with Crippen molar-refractivity contribution in [2.45, 2.75) is 50.3 Å². The fourth-order valence-corrected chi connectivity index (χ4v) is 7.56. The lowest BCUT2D eigenvalue weighted by molar-refractivity contribution is -0.153. The van der Waals surface area contributed by atoms with Crippen LogP contribution in [-0.4, -0.2) is 92.0 Å². The summed E-state index contributed by atoms with van der Waals surface area (Å²) in [6.07, 6.45) is 0.904. The summed E-state index contributed by atoms with van der Waals surface area (Å²) in [7, 11) is 3.08. The minimum Gasteiger partial charge on any atom is -0.510 e. The molecule has 4 rings (SSSR count). The summed E-state index contributed by atoms with van der Waals surface area (Å²) in [5.41, 5.74) is 1.76. The Labute approximate surface area is 236 Å². The molecule has 12 heteroatoms. The van der Waals surface area contributed by atoms with Crippen LogP contribution in [0.3, 0.4) is 0 Å². The third-order valence-corrected chi connectivity index (χ3v) is 9.42. The third kappa shape index (κ3) is 4.29. The molecule has 11 nitrogen and oxygen atoms in total. The van der Waals surface area contributed by atoms with Crippen molar-refractivity contribution >= 4 is 35.1 Å². The second-order valence-corrected chi connectivity index (χ2v) is 11.8. The number of hydrogen-bond donors (Lipinski definition) is 6. The number of nitrogens with one attached hydrogen (secondary N) is 1. The van der Waals surface area contributed by atoms with Gasteiger partial charge < -0.3 is 31.5 Å². The first-order chi connectivity index (χ1) is 18.8. The first kappa shape index (κ1) is 29.6. The second-order valence-electron chi connectivity index (χ2n) is 10.6. The SMILES string of the molecule is CCCSC[C@@H]1c2cccc(O)c2C(=O)C2=C(O)[C@@]3(O)C(=O)C(C(N)=O)=C(O)[C@H](N(C)C)[C@H]3[C@H](NC(=O)CC)[C@H]21. The number of primary amides is 1. The van der Waals surface area contributed by atoms with Crippen LogP contribution in [0.25, 0.3) is 0 Å². The molecule has 1 aromatic rings. The zero-order valence-corrected chi connectivity index (χ0v) is 23.6. The Hall–Kier alpha value is -3.35. The van der Waals surface area contributed by atoms with Crippen molar-refractivity contribution in [2.24, 2.45) is 17.6 Å². The molecule has 0 unspecified atom stereocenters. The number of fused-ring (bicyclic) bond motifs is 3. The highest BCUT2D eigenvalue weighted by Gasteiger charge is 2.68. The smallest absolute Gasteiger partial charge is 0.255 e. The molecule has 0 saturated heterocycles. The molecule has 0 aromatic heterocycles. The molecule has 0 saturated carbocycles. The number of likely N-dealkylation sites (N-methyl/N-ethyl adjacent to an activating group) is 1. The van der Waals surface area contributed by atoms with E-state index in [1.54, 1.807) is 44.9 Å². The number of carbonyl (C=O) groups excluding carboxylic acids is 4. The molecular weight excluding hydrogens is 538 g/mol. The number of hydrogen-bond acceptors (Lipinski definition) is 10. The number of aliphatic hydroxyl groups is 3. The lowest BCUT2D eigenvalue weighted by Crippen LogP contribution is -2.71. The number of phenols is 1.